The molecule has 6 heteroatoms. The Labute approximate surface area is 117 Å². The van der Waals surface area contributed by atoms with Crippen LogP contribution in [0.4, 0.5) is 0 Å². The van der Waals surface area contributed by atoms with Crippen LogP contribution in [0.25, 0.3) is 0 Å². The number of aliphatic carboxylic acids is 1. The van der Waals surface area contributed by atoms with Crippen molar-refractivity contribution in [1.29, 1.82) is 0 Å². The van der Waals surface area contributed by atoms with Crippen LogP contribution < -0.4 is 0 Å². The van der Waals surface area contributed by atoms with E-state index in [-0.39, 0.29) is 0 Å². The highest BCUT2D eigenvalue weighted by Gasteiger charge is 2.46. The molecule has 1 heterocycles. The Balaban J connectivity index is 1.78. The average molecular weight is 280 g/mol. The van der Waals surface area contributed by atoms with E-state index in [9.17, 15) is 9.90 Å². The molecular weight excluding hydrogens is 260 g/mol. The molecule has 0 radical (unpaired) electrons. The second-order valence-electron chi connectivity index (χ2n) is 6.03. The van der Waals surface area contributed by atoms with Gasteiger partial charge in [-0.25, -0.2) is 0 Å². The van der Waals surface area contributed by atoms with Crippen molar-refractivity contribution in [2.24, 2.45) is 5.41 Å². The molecule has 0 saturated heterocycles. The summed E-state index contributed by atoms with van der Waals surface area (Å²) in [5.74, 6) is 0.243. The molecule has 3 rings (SSSR count). The van der Waals surface area contributed by atoms with Crippen LogP contribution in [0.1, 0.15) is 56.7 Å². The maximum atomic E-state index is 11.5. The third-order valence-corrected chi connectivity index (χ3v) is 4.93. The Morgan fingerprint density at radius 2 is 2.00 bits per heavy atom. The predicted molar refractivity (Wildman–Crippen MR) is 69.1 cm³/mol. The molecule has 6 nitrogen and oxygen atoms in total. The molecule has 1 aromatic heterocycles. The summed E-state index contributed by atoms with van der Waals surface area (Å²) in [4.78, 5) is 15.9. The first kappa shape index (κ1) is 13.5. The van der Waals surface area contributed by atoms with E-state index in [1.54, 1.807) is 7.11 Å². The minimum absolute atomic E-state index is 0.328. The number of carboxylic acid groups (broad SMARTS) is 1. The number of aromatic nitrogens is 2. The number of ether oxygens (including phenoxy) is 1. The van der Waals surface area contributed by atoms with Crippen LogP contribution >= 0.6 is 0 Å². The average Bonchev–Trinajstić information content (AvgIpc) is 3.00. The van der Waals surface area contributed by atoms with Crippen molar-refractivity contribution in [2.75, 3.05) is 7.11 Å². The summed E-state index contributed by atoms with van der Waals surface area (Å²) in [6.45, 7) is 0. The molecule has 1 N–H and O–H groups in total. The molecule has 2 aliphatic rings. The fourth-order valence-electron chi connectivity index (χ4n) is 3.34. The standard InChI is InChI=1S/C14H20N2O4/c1-19-14(7-4-8-14)11-15-10(20-16-11)9-13(12(17)18)5-2-3-6-13/h2-9H2,1H3,(H,17,18). The highest BCUT2D eigenvalue weighted by atomic mass is 16.5. The van der Waals surface area contributed by atoms with Crippen molar-refractivity contribution in [1.82, 2.24) is 10.1 Å². The predicted octanol–water partition coefficient (Wildman–Crippen LogP) is 2.28. The van der Waals surface area contributed by atoms with E-state index in [4.69, 9.17) is 9.26 Å². The van der Waals surface area contributed by atoms with Gasteiger partial charge in [0.25, 0.3) is 0 Å². The second-order valence-corrected chi connectivity index (χ2v) is 6.03. The Morgan fingerprint density at radius 1 is 1.30 bits per heavy atom. The number of rotatable bonds is 5. The van der Waals surface area contributed by atoms with Gasteiger partial charge in [0.1, 0.15) is 5.60 Å². The SMILES string of the molecule is COC1(c2noc(CC3(C(=O)O)CCCC3)n2)CCC1. The van der Waals surface area contributed by atoms with Crippen LogP contribution in [0.2, 0.25) is 0 Å². The largest absolute Gasteiger partial charge is 0.481 e. The summed E-state index contributed by atoms with van der Waals surface area (Å²) in [6.07, 6.45) is 6.50. The molecule has 0 unspecified atom stereocenters. The summed E-state index contributed by atoms with van der Waals surface area (Å²) in [5.41, 5.74) is -1.13. The van der Waals surface area contributed by atoms with Crippen LogP contribution in [0.15, 0.2) is 4.52 Å². The molecule has 0 amide bonds. The Morgan fingerprint density at radius 3 is 2.50 bits per heavy atom. The highest BCUT2D eigenvalue weighted by molar-refractivity contribution is 5.75. The van der Waals surface area contributed by atoms with Crippen molar-refractivity contribution in [3.05, 3.63) is 11.7 Å². The molecule has 2 fully saturated rings. The Kier molecular flexibility index (Phi) is 3.28. The summed E-state index contributed by atoms with van der Waals surface area (Å²) < 4.78 is 10.8. The smallest absolute Gasteiger partial charge is 0.310 e. The third-order valence-electron chi connectivity index (χ3n) is 4.93. The fraction of sp³-hybridized carbons (Fsp3) is 0.786. The van der Waals surface area contributed by atoms with Gasteiger partial charge in [0.05, 0.1) is 5.41 Å². The molecule has 2 saturated carbocycles. The Hall–Kier alpha value is -1.43. The minimum Gasteiger partial charge on any atom is -0.481 e. The lowest BCUT2D eigenvalue weighted by Gasteiger charge is -2.37. The molecule has 0 aliphatic heterocycles. The van der Waals surface area contributed by atoms with E-state index in [0.29, 0.717) is 31.0 Å². The maximum absolute atomic E-state index is 11.5. The van der Waals surface area contributed by atoms with Crippen LogP contribution in [-0.4, -0.2) is 28.3 Å². The molecular formula is C14H20N2O4. The quantitative estimate of drug-likeness (QED) is 0.890. The molecule has 0 aromatic carbocycles. The molecule has 0 bridgehead atoms. The zero-order valence-corrected chi connectivity index (χ0v) is 11.7. The number of nitrogens with zero attached hydrogens (tertiary/aromatic N) is 2. The fourth-order valence-corrected chi connectivity index (χ4v) is 3.34. The van der Waals surface area contributed by atoms with Gasteiger partial charge in [0, 0.05) is 13.5 Å². The normalized spacial score (nSPS) is 23.4. The van der Waals surface area contributed by atoms with Gasteiger partial charge < -0.3 is 14.4 Å². The van der Waals surface area contributed by atoms with Gasteiger partial charge in [0.2, 0.25) is 11.7 Å². The number of carbonyl (C=O) groups is 1. The molecule has 0 atom stereocenters. The number of hydrogen-bond donors (Lipinski definition) is 1. The van der Waals surface area contributed by atoms with Crippen molar-refractivity contribution in [3.8, 4) is 0 Å². The lowest BCUT2D eigenvalue weighted by atomic mass is 9.79. The molecule has 110 valence electrons. The third kappa shape index (κ3) is 2.02. The van der Waals surface area contributed by atoms with E-state index in [0.717, 1.165) is 32.1 Å². The van der Waals surface area contributed by atoms with Gasteiger partial charge in [-0.2, -0.15) is 4.98 Å². The summed E-state index contributed by atoms with van der Waals surface area (Å²) in [6, 6.07) is 0. The molecule has 20 heavy (non-hydrogen) atoms. The first-order valence-corrected chi connectivity index (χ1v) is 7.22. The van der Waals surface area contributed by atoms with Gasteiger partial charge in [-0.1, -0.05) is 18.0 Å². The summed E-state index contributed by atoms with van der Waals surface area (Å²) in [7, 11) is 1.66. The van der Waals surface area contributed by atoms with E-state index in [2.05, 4.69) is 10.1 Å². The van der Waals surface area contributed by atoms with E-state index in [1.807, 2.05) is 0 Å². The highest BCUT2D eigenvalue weighted by Crippen LogP contribution is 2.44. The monoisotopic (exact) mass is 280 g/mol. The van der Waals surface area contributed by atoms with Gasteiger partial charge in [-0.05, 0) is 32.1 Å². The minimum atomic E-state index is -0.750. The summed E-state index contributed by atoms with van der Waals surface area (Å²) in [5, 5.41) is 13.5. The molecule has 2 aliphatic carbocycles. The van der Waals surface area contributed by atoms with Gasteiger partial charge >= 0.3 is 5.97 Å². The van der Waals surface area contributed by atoms with E-state index < -0.39 is 17.0 Å². The van der Waals surface area contributed by atoms with Crippen molar-refractivity contribution in [3.63, 3.8) is 0 Å². The van der Waals surface area contributed by atoms with Crippen LogP contribution in [0, 0.1) is 5.41 Å². The van der Waals surface area contributed by atoms with E-state index in [1.165, 1.54) is 0 Å². The van der Waals surface area contributed by atoms with Crippen molar-refractivity contribution in [2.45, 2.75) is 57.0 Å². The topological polar surface area (TPSA) is 85.5 Å². The molecule has 0 spiro atoms. The first-order valence-electron chi connectivity index (χ1n) is 7.22. The lowest BCUT2D eigenvalue weighted by Crippen LogP contribution is -2.37. The number of methoxy groups -OCH3 is 1. The number of hydrogen-bond acceptors (Lipinski definition) is 5. The summed E-state index contributed by atoms with van der Waals surface area (Å²) >= 11 is 0. The van der Waals surface area contributed by atoms with Crippen molar-refractivity contribution >= 4 is 5.97 Å². The molecule has 1 aromatic rings. The van der Waals surface area contributed by atoms with Gasteiger partial charge in [-0.15, -0.1) is 0 Å². The first-order chi connectivity index (χ1) is 9.60. The Bertz CT molecular complexity index is 496. The van der Waals surface area contributed by atoms with E-state index >= 15 is 0 Å². The zero-order chi connectivity index (χ0) is 14.2. The second kappa shape index (κ2) is 4.84. The van der Waals surface area contributed by atoms with Crippen molar-refractivity contribution < 1.29 is 19.2 Å². The van der Waals surface area contributed by atoms with Gasteiger partial charge in [-0.3, -0.25) is 4.79 Å². The maximum Gasteiger partial charge on any atom is 0.310 e. The van der Waals surface area contributed by atoms with Gasteiger partial charge in [0.15, 0.2) is 0 Å². The van der Waals surface area contributed by atoms with Crippen LogP contribution in [-0.2, 0) is 21.6 Å². The zero-order valence-electron chi connectivity index (χ0n) is 11.7. The number of carboxylic acids is 1. The lowest BCUT2D eigenvalue weighted by molar-refractivity contribution is -0.148. The van der Waals surface area contributed by atoms with Crippen LogP contribution in [0.5, 0.6) is 0 Å². The van der Waals surface area contributed by atoms with Crippen LogP contribution in [0.3, 0.4) is 0 Å².